The smallest absolute Gasteiger partial charge is 0.344 e. The van der Waals surface area contributed by atoms with Crippen LogP contribution >= 0.6 is 0 Å². The van der Waals surface area contributed by atoms with Gasteiger partial charge in [0.15, 0.2) is 0 Å². The second kappa shape index (κ2) is 4.81. The van der Waals surface area contributed by atoms with E-state index < -0.39 is 11.4 Å². The molecule has 1 heterocycles. The molecule has 0 spiro atoms. The van der Waals surface area contributed by atoms with Crippen molar-refractivity contribution >= 4 is 10.8 Å². The number of hydrogen-bond donors (Lipinski definition) is 0. The number of rotatable bonds is 1. The summed E-state index contributed by atoms with van der Waals surface area (Å²) in [5, 5.41) is 1.29. The van der Waals surface area contributed by atoms with Crippen molar-refractivity contribution in [3.05, 3.63) is 83.0 Å². The summed E-state index contributed by atoms with van der Waals surface area (Å²) in [6.45, 7) is 0. The lowest BCUT2D eigenvalue weighted by Gasteiger charge is -2.02. The molecule has 22 heavy (non-hydrogen) atoms. The summed E-state index contributed by atoms with van der Waals surface area (Å²) in [6.07, 6.45) is 0. The second-order valence-corrected chi connectivity index (χ2v) is 5.13. The van der Waals surface area contributed by atoms with E-state index in [9.17, 15) is 9.18 Å². The van der Waals surface area contributed by atoms with E-state index in [0.29, 0.717) is 5.39 Å². The maximum absolute atomic E-state index is 13.9. The Labute approximate surface area is 125 Å². The Morgan fingerprint density at radius 2 is 1.55 bits per heavy atom. The quantitative estimate of drug-likeness (QED) is 0.508. The Balaban J connectivity index is 2.06. The van der Waals surface area contributed by atoms with Crippen molar-refractivity contribution in [3.63, 3.8) is 0 Å². The van der Waals surface area contributed by atoms with Gasteiger partial charge in [0.25, 0.3) is 0 Å². The molecule has 0 fully saturated rings. The van der Waals surface area contributed by atoms with Crippen molar-refractivity contribution in [2.75, 3.05) is 0 Å². The number of hydrogen-bond acceptors (Lipinski definition) is 2. The van der Waals surface area contributed by atoms with Crippen LogP contribution in [0.15, 0.2) is 75.9 Å². The summed E-state index contributed by atoms with van der Waals surface area (Å²) in [4.78, 5) is 12.4. The van der Waals surface area contributed by atoms with Gasteiger partial charge in [-0.15, -0.1) is 0 Å². The summed E-state index contributed by atoms with van der Waals surface area (Å²) in [6, 6.07) is 19.4. The van der Waals surface area contributed by atoms with Gasteiger partial charge in [-0.2, -0.15) is 0 Å². The highest BCUT2D eigenvalue weighted by molar-refractivity contribution is 6.02. The van der Waals surface area contributed by atoms with Crippen LogP contribution in [-0.2, 0) is 0 Å². The second-order valence-electron chi connectivity index (χ2n) is 5.13. The predicted molar refractivity (Wildman–Crippen MR) is 84.5 cm³/mol. The average Bonchev–Trinajstić information content (AvgIpc) is 2.70. The highest BCUT2D eigenvalue weighted by Gasteiger charge is 2.16. The fourth-order valence-electron chi connectivity index (χ4n) is 2.77. The maximum atomic E-state index is 13.9. The van der Waals surface area contributed by atoms with Crippen molar-refractivity contribution < 1.29 is 8.81 Å². The molecular formula is C19H11FO2. The molecule has 2 aromatic rings. The number of halogens is 1. The maximum Gasteiger partial charge on any atom is 0.344 e. The van der Waals surface area contributed by atoms with Gasteiger partial charge in [-0.3, -0.25) is 0 Å². The third-order valence-corrected chi connectivity index (χ3v) is 3.77. The van der Waals surface area contributed by atoms with Gasteiger partial charge in [-0.25, -0.2) is 9.18 Å². The minimum atomic E-state index is -0.447. The van der Waals surface area contributed by atoms with Crippen molar-refractivity contribution in [3.8, 4) is 22.5 Å². The molecule has 3 heteroatoms. The Bertz CT molecular complexity index is 1020. The molecule has 0 saturated carbocycles. The Kier molecular flexibility index (Phi) is 2.79. The zero-order chi connectivity index (χ0) is 15.1. The first-order valence-corrected chi connectivity index (χ1v) is 6.94. The molecule has 2 nitrogen and oxygen atoms in total. The summed E-state index contributed by atoms with van der Waals surface area (Å²) in [5.41, 5.74) is 1.64. The first-order chi connectivity index (χ1) is 10.7. The molecule has 0 amide bonds. The van der Waals surface area contributed by atoms with Crippen molar-refractivity contribution in [2.24, 2.45) is 0 Å². The molecule has 0 atom stereocenters. The molecule has 0 radical (unpaired) electrons. The normalized spacial score (nSPS) is 11.1. The van der Waals surface area contributed by atoms with E-state index in [1.807, 2.05) is 36.4 Å². The molecule has 2 aliphatic rings. The van der Waals surface area contributed by atoms with Crippen molar-refractivity contribution in [1.82, 2.24) is 0 Å². The van der Waals surface area contributed by atoms with Crippen molar-refractivity contribution in [1.29, 1.82) is 0 Å². The van der Waals surface area contributed by atoms with Gasteiger partial charge in [0.1, 0.15) is 11.6 Å². The third-order valence-electron chi connectivity index (χ3n) is 3.77. The zero-order valence-electron chi connectivity index (χ0n) is 11.5. The zero-order valence-corrected chi connectivity index (χ0v) is 11.5. The van der Waals surface area contributed by atoms with Crippen LogP contribution in [0.5, 0.6) is 0 Å². The fraction of sp³-hybridized carbons (Fsp3) is 0. The lowest BCUT2D eigenvalue weighted by atomic mass is 10.1. The Hall–Kier alpha value is -2.94. The summed E-state index contributed by atoms with van der Waals surface area (Å²) < 4.78 is 19.3. The largest absolute Gasteiger partial charge is 0.422 e. The summed E-state index contributed by atoms with van der Waals surface area (Å²) in [5.74, 6) is -0.164. The van der Waals surface area contributed by atoms with Crippen molar-refractivity contribution in [2.45, 2.75) is 0 Å². The molecule has 1 aromatic heterocycles. The molecular weight excluding hydrogens is 279 g/mol. The topological polar surface area (TPSA) is 30.2 Å². The predicted octanol–water partition coefficient (Wildman–Crippen LogP) is 4.70. The molecule has 4 rings (SSSR count). The Morgan fingerprint density at radius 3 is 2.41 bits per heavy atom. The molecule has 1 aromatic carbocycles. The molecule has 2 aliphatic carbocycles. The number of fused-ring (bicyclic) bond motifs is 3. The van der Waals surface area contributed by atoms with E-state index in [-0.39, 0.29) is 11.3 Å². The SMILES string of the molecule is O=c1oc(-c2ccccc2F)cc2cc3cccccc-3c12. The minimum absolute atomic E-state index is 0.246. The highest BCUT2D eigenvalue weighted by atomic mass is 19.1. The van der Waals surface area contributed by atoms with E-state index in [1.165, 1.54) is 6.07 Å². The third kappa shape index (κ3) is 1.91. The van der Waals surface area contributed by atoms with Gasteiger partial charge >= 0.3 is 5.63 Å². The molecule has 0 N–H and O–H groups in total. The molecule has 106 valence electrons. The van der Waals surface area contributed by atoms with E-state index in [1.54, 1.807) is 24.3 Å². The van der Waals surface area contributed by atoms with Crippen LogP contribution in [0.1, 0.15) is 0 Å². The molecule has 0 unspecified atom stereocenters. The lowest BCUT2D eigenvalue weighted by molar-refractivity contribution is 0.528. The summed E-state index contributed by atoms with van der Waals surface area (Å²) >= 11 is 0. The highest BCUT2D eigenvalue weighted by Crippen LogP contribution is 2.33. The standard InChI is InChI=1S/C19H11FO2/c20-16-9-5-4-8-15(16)17-11-13-10-12-6-2-1-3-7-14(12)18(13)19(21)22-17/h1-11H. The van der Waals surface area contributed by atoms with Crippen LogP contribution in [0.3, 0.4) is 0 Å². The van der Waals surface area contributed by atoms with Crippen LogP contribution in [0.25, 0.3) is 33.2 Å². The number of benzene rings is 1. The fourth-order valence-corrected chi connectivity index (χ4v) is 2.77. The van der Waals surface area contributed by atoms with Gasteiger partial charge in [-0.05, 0) is 40.8 Å². The lowest BCUT2D eigenvalue weighted by Crippen LogP contribution is -2.00. The van der Waals surface area contributed by atoms with Gasteiger partial charge in [0.2, 0.25) is 0 Å². The average molecular weight is 290 g/mol. The van der Waals surface area contributed by atoms with E-state index in [0.717, 1.165) is 16.5 Å². The molecule has 0 bridgehead atoms. The van der Waals surface area contributed by atoms with E-state index >= 15 is 0 Å². The van der Waals surface area contributed by atoms with E-state index in [4.69, 9.17) is 4.42 Å². The first-order valence-electron chi connectivity index (χ1n) is 6.94. The van der Waals surface area contributed by atoms with Gasteiger partial charge in [0.05, 0.1) is 10.9 Å². The molecule has 0 saturated heterocycles. The van der Waals surface area contributed by atoms with E-state index in [2.05, 4.69) is 0 Å². The van der Waals surface area contributed by atoms with Gasteiger partial charge < -0.3 is 4.42 Å². The van der Waals surface area contributed by atoms with Gasteiger partial charge in [-0.1, -0.05) is 42.5 Å². The minimum Gasteiger partial charge on any atom is -0.422 e. The Morgan fingerprint density at radius 1 is 0.818 bits per heavy atom. The monoisotopic (exact) mass is 290 g/mol. The van der Waals surface area contributed by atoms with Crippen LogP contribution in [0.2, 0.25) is 0 Å². The first kappa shape index (κ1) is 12.8. The van der Waals surface area contributed by atoms with Crippen LogP contribution in [0, 0.1) is 5.82 Å². The van der Waals surface area contributed by atoms with Crippen LogP contribution in [0.4, 0.5) is 4.39 Å². The van der Waals surface area contributed by atoms with Crippen LogP contribution in [-0.4, -0.2) is 0 Å². The molecule has 0 aliphatic heterocycles. The van der Waals surface area contributed by atoms with Crippen LogP contribution < -0.4 is 5.63 Å². The summed E-state index contributed by atoms with van der Waals surface area (Å²) in [7, 11) is 0. The van der Waals surface area contributed by atoms with Gasteiger partial charge in [0, 0.05) is 0 Å².